The SMILES string of the molecule is [2H]C([2H])([2H])CC(=O)N(c1ccccc1)C1(OC)CCN(C([2H])([2H])C([2H])([2H])c2cccs2)CC1. The molecule has 0 radical (unpaired) electrons. The molecule has 1 aliphatic rings. The third-order valence-corrected chi connectivity index (χ3v) is 5.39. The van der Waals surface area contributed by atoms with Crippen molar-refractivity contribution in [3.05, 3.63) is 52.7 Å². The van der Waals surface area contributed by atoms with Gasteiger partial charge in [-0.25, -0.2) is 0 Å². The predicted octanol–water partition coefficient (Wildman–Crippen LogP) is 4.17. The number of amides is 1. The number of aryl methyl sites for hydroxylation is 1. The molecule has 0 aliphatic carbocycles. The lowest BCUT2D eigenvalue weighted by Gasteiger charge is -2.47. The first kappa shape index (κ1) is 11.9. The minimum atomic E-state index is -2.45. The van der Waals surface area contributed by atoms with E-state index < -0.39 is 37.8 Å². The highest BCUT2D eigenvalue weighted by Crippen LogP contribution is 2.34. The van der Waals surface area contributed by atoms with Gasteiger partial charge in [-0.3, -0.25) is 9.69 Å². The number of likely N-dealkylation sites (tertiary alicyclic amines) is 1. The summed E-state index contributed by atoms with van der Waals surface area (Å²) in [6.07, 6.45) is -2.51. The van der Waals surface area contributed by atoms with Crippen LogP contribution in [0.25, 0.3) is 0 Å². The highest BCUT2D eigenvalue weighted by molar-refractivity contribution is 7.09. The van der Waals surface area contributed by atoms with Crippen LogP contribution in [0.3, 0.4) is 0 Å². The van der Waals surface area contributed by atoms with Gasteiger partial charge in [0.25, 0.3) is 0 Å². The molecule has 0 bridgehead atoms. The van der Waals surface area contributed by atoms with E-state index in [1.54, 1.807) is 47.8 Å². The zero-order valence-corrected chi connectivity index (χ0v) is 15.6. The first-order valence-corrected chi connectivity index (χ1v) is 9.44. The first-order chi connectivity index (χ1) is 15.3. The molecule has 26 heavy (non-hydrogen) atoms. The Kier molecular flexibility index (Phi) is 4.03. The molecule has 1 aromatic heterocycles. The van der Waals surface area contributed by atoms with Crippen LogP contribution in [0.4, 0.5) is 5.69 Å². The zero-order valence-electron chi connectivity index (χ0n) is 21.8. The summed E-state index contributed by atoms with van der Waals surface area (Å²) >= 11 is 1.16. The molecule has 1 fully saturated rings. The second-order valence-electron chi connectivity index (χ2n) is 6.09. The van der Waals surface area contributed by atoms with Gasteiger partial charge < -0.3 is 9.64 Å². The monoisotopic (exact) mass is 379 g/mol. The molecule has 0 spiro atoms. The molecule has 2 heterocycles. The van der Waals surface area contributed by atoms with Gasteiger partial charge in [0, 0.05) is 66.1 Å². The minimum absolute atomic E-state index is 0.121. The van der Waals surface area contributed by atoms with Crippen LogP contribution in [0.15, 0.2) is 47.8 Å². The third-order valence-electron chi connectivity index (χ3n) is 4.61. The molecule has 0 saturated carbocycles. The molecular weight excluding hydrogens is 344 g/mol. The van der Waals surface area contributed by atoms with Crippen LogP contribution in [0, 0.1) is 0 Å². The Bertz CT molecular complexity index is 928. The number of para-hydroxylation sites is 1. The van der Waals surface area contributed by atoms with Crippen molar-refractivity contribution in [3.63, 3.8) is 0 Å². The number of piperidine rings is 1. The normalized spacial score (nSPS) is 22.7. The van der Waals surface area contributed by atoms with Gasteiger partial charge in [0.2, 0.25) is 5.91 Å². The number of benzene rings is 1. The maximum absolute atomic E-state index is 13.2. The third kappa shape index (κ3) is 4.17. The van der Waals surface area contributed by atoms with Gasteiger partial charge in [-0.05, 0) is 30.0 Å². The Hall–Kier alpha value is -1.69. The molecule has 3 rings (SSSR count). The fraction of sp³-hybridized carbons (Fsp3) is 0.476. The predicted molar refractivity (Wildman–Crippen MR) is 108 cm³/mol. The molecule has 0 atom stereocenters. The molecule has 0 N–H and O–H groups in total. The van der Waals surface area contributed by atoms with Crippen LogP contribution in [0.5, 0.6) is 0 Å². The van der Waals surface area contributed by atoms with Gasteiger partial charge in [0.1, 0.15) is 5.72 Å². The Labute approximate surface area is 170 Å². The maximum Gasteiger partial charge on any atom is 0.229 e. The van der Waals surface area contributed by atoms with Gasteiger partial charge in [0.15, 0.2) is 0 Å². The average molecular weight is 380 g/mol. The Balaban J connectivity index is 1.89. The summed E-state index contributed by atoms with van der Waals surface area (Å²) in [6, 6.07) is 12.0. The Morgan fingerprint density at radius 2 is 2.08 bits per heavy atom. The molecule has 1 aromatic carbocycles. The molecule has 4 nitrogen and oxygen atoms in total. The van der Waals surface area contributed by atoms with Crippen LogP contribution in [0.1, 0.15) is 40.6 Å². The molecule has 1 saturated heterocycles. The number of hydrogen-bond acceptors (Lipinski definition) is 4. The van der Waals surface area contributed by atoms with E-state index in [0.717, 1.165) is 11.3 Å². The molecule has 1 amide bonds. The van der Waals surface area contributed by atoms with Crippen molar-refractivity contribution in [1.82, 2.24) is 4.90 Å². The van der Waals surface area contributed by atoms with Crippen LogP contribution in [0.2, 0.25) is 0 Å². The van der Waals surface area contributed by atoms with Crippen molar-refractivity contribution < 1.29 is 19.1 Å². The minimum Gasteiger partial charge on any atom is -0.358 e. The first-order valence-electron chi connectivity index (χ1n) is 12.1. The number of thiophene rings is 1. The summed E-state index contributed by atoms with van der Waals surface area (Å²) in [5.74, 6) is -0.603. The van der Waals surface area contributed by atoms with E-state index >= 15 is 0 Å². The van der Waals surface area contributed by atoms with Crippen molar-refractivity contribution in [1.29, 1.82) is 0 Å². The van der Waals surface area contributed by atoms with Crippen molar-refractivity contribution in [2.24, 2.45) is 0 Å². The summed E-state index contributed by atoms with van der Waals surface area (Å²) in [5, 5.41) is 1.71. The fourth-order valence-electron chi connectivity index (χ4n) is 3.23. The summed E-state index contributed by atoms with van der Waals surface area (Å²) in [6.45, 7) is -4.50. The lowest BCUT2D eigenvalue weighted by atomic mass is 9.96. The topological polar surface area (TPSA) is 32.8 Å². The van der Waals surface area contributed by atoms with Gasteiger partial charge in [-0.2, -0.15) is 0 Å². The standard InChI is InChI=1S/C21H28N2O2S/c1-3-20(24)23(18-8-5-4-6-9-18)21(25-2)12-15-22(16-13-21)14-11-19-10-7-17-26-19/h4-10,17H,3,11-16H2,1-2H3/i1D3,11D2,14D2. The number of methoxy groups -OCH3 is 1. The number of anilines is 1. The molecule has 140 valence electrons. The largest absolute Gasteiger partial charge is 0.358 e. The molecule has 5 heteroatoms. The number of nitrogens with zero attached hydrogens (tertiary/aromatic N) is 2. The van der Waals surface area contributed by atoms with Crippen molar-refractivity contribution >= 4 is 22.9 Å². The van der Waals surface area contributed by atoms with Crippen molar-refractivity contribution in [2.45, 2.75) is 38.2 Å². The van der Waals surface area contributed by atoms with E-state index in [4.69, 9.17) is 14.3 Å². The van der Waals surface area contributed by atoms with Gasteiger partial charge in [-0.15, -0.1) is 11.3 Å². The number of hydrogen-bond donors (Lipinski definition) is 0. The van der Waals surface area contributed by atoms with Crippen LogP contribution < -0.4 is 4.90 Å². The lowest BCUT2D eigenvalue weighted by Crippen LogP contribution is -2.59. The van der Waals surface area contributed by atoms with Gasteiger partial charge >= 0.3 is 0 Å². The highest BCUT2D eigenvalue weighted by atomic mass is 32.1. The summed E-state index contributed by atoms with van der Waals surface area (Å²) in [5.41, 5.74) is -0.676. The van der Waals surface area contributed by atoms with E-state index in [-0.39, 0.29) is 25.9 Å². The van der Waals surface area contributed by atoms with E-state index in [0.29, 0.717) is 10.6 Å². The van der Waals surface area contributed by atoms with E-state index in [2.05, 4.69) is 0 Å². The quantitative estimate of drug-likeness (QED) is 0.677. The van der Waals surface area contributed by atoms with Gasteiger partial charge in [-0.1, -0.05) is 31.1 Å². The van der Waals surface area contributed by atoms with E-state index in [1.807, 2.05) is 0 Å². The molecule has 1 aliphatic heterocycles. The second-order valence-corrected chi connectivity index (χ2v) is 7.04. The van der Waals surface area contributed by atoms with Gasteiger partial charge in [0.05, 0.1) is 0 Å². The summed E-state index contributed by atoms with van der Waals surface area (Å²) < 4.78 is 62.6. The van der Waals surface area contributed by atoms with Crippen LogP contribution in [-0.2, 0) is 15.9 Å². The number of ether oxygens (including phenoxy) is 1. The Morgan fingerprint density at radius 1 is 1.31 bits per heavy atom. The number of rotatable bonds is 7. The highest BCUT2D eigenvalue weighted by Gasteiger charge is 2.42. The smallest absolute Gasteiger partial charge is 0.229 e. The molecular formula is C21H28N2O2S. The van der Waals surface area contributed by atoms with E-state index in [9.17, 15) is 4.79 Å². The van der Waals surface area contributed by atoms with Crippen LogP contribution >= 0.6 is 11.3 Å². The molecule has 2 aromatic rings. The van der Waals surface area contributed by atoms with Crippen molar-refractivity contribution in [2.75, 3.05) is 31.6 Å². The van der Waals surface area contributed by atoms with Crippen molar-refractivity contribution in [3.8, 4) is 0 Å². The number of carbonyl (C=O) groups excluding carboxylic acids is 1. The number of carbonyl (C=O) groups is 1. The van der Waals surface area contributed by atoms with E-state index in [1.165, 1.54) is 16.9 Å². The summed E-state index contributed by atoms with van der Waals surface area (Å²) in [7, 11) is 1.45. The average Bonchev–Trinajstić information content (AvgIpc) is 3.29. The maximum atomic E-state index is 13.2. The fourth-order valence-corrected chi connectivity index (χ4v) is 3.80. The second kappa shape index (κ2) is 8.80. The molecule has 0 unspecified atom stereocenters. The zero-order chi connectivity index (χ0) is 24.5. The summed E-state index contributed by atoms with van der Waals surface area (Å²) in [4.78, 5) is 16.3. The van der Waals surface area contributed by atoms with Crippen LogP contribution in [-0.4, -0.2) is 43.2 Å². The Morgan fingerprint density at radius 3 is 2.69 bits per heavy atom. The lowest BCUT2D eigenvalue weighted by molar-refractivity contribution is -0.128.